The summed E-state index contributed by atoms with van der Waals surface area (Å²) in [4.78, 5) is 19.9. The van der Waals surface area contributed by atoms with Gasteiger partial charge in [0.05, 0.1) is 24.3 Å². The van der Waals surface area contributed by atoms with Crippen molar-refractivity contribution in [1.82, 2.24) is 9.97 Å². The van der Waals surface area contributed by atoms with E-state index < -0.39 is 0 Å². The van der Waals surface area contributed by atoms with Crippen LogP contribution in [0.15, 0.2) is 18.6 Å². The lowest BCUT2D eigenvalue weighted by molar-refractivity contribution is -0.121. The molecule has 3 heterocycles. The van der Waals surface area contributed by atoms with Gasteiger partial charge in [0.2, 0.25) is 5.91 Å². The highest BCUT2D eigenvalue weighted by Gasteiger charge is 2.44. The Morgan fingerprint density at radius 1 is 1.44 bits per heavy atom. The Balaban J connectivity index is 1.66. The Hall–Kier alpha value is -1.49. The molecule has 1 aromatic heterocycles. The Bertz CT molecular complexity index is 395. The highest BCUT2D eigenvalue weighted by Crippen LogP contribution is 2.39. The maximum atomic E-state index is 11.9. The maximum Gasteiger partial charge on any atom is 0.231 e. The van der Waals surface area contributed by atoms with Crippen molar-refractivity contribution in [2.24, 2.45) is 5.92 Å². The Morgan fingerprint density at radius 3 is 3.00 bits per heavy atom. The molecule has 2 bridgehead atoms. The summed E-state index contributed by atoms with van der Waals surface area (Å²) in [6, 6.07) is 0. The van der Waals surface area contributed by atoms with Crippen molar-refractivity contribution in [2.75, 3.05) is 5.32 Å². The number of nitrogens with zero attached hydrogens (tertiary/aromatic N) is 2. The quantitative estimate of drug-likeness (QED) is 0.805. The fourth-order valence-electron chi connectivity index (χ4n) is 2.50. The molecule has 1 aromatic rings. The number of rotatable bonds is 2. The van der Waals surface area contributed by atoms with E-state index in [1.807, 2.05) is 0 Å². The molecule has 5 heteroatoms. The lowest BCUT2D eigenvalue weighted by atomic mass is 9.88. The second kappa shape index (κ2) is 3.83. The van der Waals surface area contributed by atoms with Crippen LogP contribution in [0, 0.1) is 5.92 Å². The van der Waals surface area contributed by atoms with Gasteiger partial charge in [-0.2, -0.15) is 0 Å². The number of ether oxygens (including phenoxy) is 1. The molecule has 0 spiro atoms. The average molecular weight is 219 g/mol. The minimum absolute atomic E-state index is 0.00713. The second-order valence-electron chi connectivity index (χ2n) is 4.30. The first-order valence-corrected chi connectivity index (χ1v) is 5.55. The minimum Gasteiger partial charge on any atom is -0.374 e. The normalized spacial score (nSPS) is 31.6. The minimum atomic E-state index is -0.0132. The summed E-state index contributed by atoms with van der Waals surface area (Å²) in [6.07, 6.45) is 8.04. The smallest absolute Gasteiger partial charge is 0.231 e. The van der Waals surface area contributed by atoms with Gasteiger partial charge in [0, 0.05) is 12.4 Å². The molecule has 1 amide bonds. The standard InChI is InChI=1S/C11H13N3O2/c15-11(14-10-6-12-3-4-13-10)8-5-7-1-2-9(8)16-7/h3-4,6-9H,1-2,5H2,(H,13,14,15)/t7-,8-,9-/m1/s1. The Morgan fingerprint density at radius 2 is 2.38 bits per heavy atom. The molecule has 16 heavy (non-hydrogen) atoms. The van der Waals surface area contributed by atoms with Crippen LogP contribution in [0.4, 0.5) is 5.82 Å². The fraction of sp³-hybridized carbons (Fsp3) is 0.545. The van der Waals surface area contributed by atoms with Gasteiger partial charge in [0.25, 0.3) is 0 Å². The number of hydrogen-bond acceptors (Lipinski definition) is 4. The van der Waals surface area contributed by atoms with Crippen LogP contribution < -0.4 is 5.32 Å². The first-order chi connectivity index (χ1) is 7.83. The molecule has 0 aliphatic carbocycles. The third-order valence-electron chi connectivity index (χ3n) is 3.26. The summed E-state index contributed by atoms with van der Waals surface area (Å²) in [5.41, 5.74) is 0. The lowest BCUT2D eigenvalue weighted by Gasteiger charge is -2.17. The number of fused-ring (bicyclic) bond motifs is 2. The molecule has 0 aromatic carbocycles. The number of aromatic nitrogens is 2. The van der Waals surface area contributed by atoms with Crippen LogP contribution in [-0.4, -0.2) is 28.1 Å². The highest BCUT2D eigenvalue weighted by molar-refractivity contribution is 5.92. The monoisotopic (exact) mass is 219 g/mol. The average Bonchev–Trinajstić information content (AvgIpc) is 2.92. The third-order valence-corrected chi connectivity index (χ3v) is 3.26. The van der Waals surface area contributed by atoms with Crippen molar-refractivity contribution < 1.29 is 9.53 Å². The predicted octanol–water partition coefficient (Wildman–Crippen LogP) is 0.983. The van der Waals surface area contributed by atoms with E-state index in [0.29, 0.717) is 11.9 Å². The highest BCUT2D eigenvalue weighted by atomic mass is 16.5. The largest absolute Gasteiger partial charge is 0.374 e. The van der Waals surface area contributed by atoms with Crippen LogP contribution in [0.2, 0.25) is 0 Å². The molecular formula is C11H13N3O2. The van der Waals surface area contributed by atoms with Crippen LogP contribution in [-0.2, 0) is 9.53 Å². The topological polar surface area (TPSA) is 64.1 Å². The predicted molar refractivity (Wildman–Crippen MR) is 56.7 cm³/mol. The first-order valence-electron chi connectivity index (χ1n) is 5.55. The van der Waals surface area contributed by atoms with Gasteiger partial charge in [-0.15, -0.1) is 0 Å². The van der Waals surface area contributed by atoms with E-state index in [-0.39, 0.29) is 17.9 Å². The van der Waals surface area contributed by atoms with Gasteiger partial charge < -0.3 is 10.1 Å². The van der Waals surface area contributed by atoms with E-state index in [1.54, 1.807) is 18.6 Å². The fourth-order valence-corrected chi connectivity index (χ4v) is 2.50. The number of anilines is 1. The number of hydrogen-bond donors (Lipinski definition) is 1. The van der Waals surface area contributed by atoms with Gasteiger partial charge in [-0.05, 0) is 19.3 Å². The molecule has 2 fully saturated rings. The molecule has 5 nitrogen and oxygen atoms in total. The van der Waals surface area contributed by atoms with Gasteiger partial charge in [0.1, 0.15) is 0 Å². The summed E-state index contributed by atoms with van der Waals surface area (Å²) in [7, 11) is 0. The van der Waals surface area contributed by atoms with Crippen LogP contribution >= 0.6 is 0 Å². The second-order valence-corrected chi connectivity index (χ2v) is 4.30. The lowest BCUT2D eigenvalue weighted by Crippen LogP contribution is -2.30. The zero-order chi connectivity index (χ0) is 11.0. The van der Waals surface area contributed by atoms with Crippen molar-refractivity contribution in [3.05, 3.63) is 18.6 Å². The van der Waals surface area contributed by atoms with E-state index in [4.69, 9.17) is 4.74 Å². The summed E-state index contributed by atoms with van der Waals surface area (Å²) in [5.74, 6) is 0.503. The van der Waals surface area contributed by atoms with E-state index in [1.165, 1.54) is 0 Å². The molecule has 2 aliphatic heterocycles. The van der Waals surface area contributed by atoms with Gasteiger partial charge >= 0.3 is 0 Å². The molecule has 1 N–H and O–H groups in total. The maximum absolute atomic E-state index is 11.9. The van der Waals surface area contributed by atoms with Crippen molar-refractivity contribution in [3.63, 3.8) is 0 Å². The first kappa shape index (κ1) is 9.72. The number of carbonyl (C=O) groups is 1. The van der Waals surface area contributed by atoms with E-state index in [9.17, 15) is 4.79 Å². The molecule has 2 saturated heterocycles. The van der Waals surface area contributed by atoms with Crippen molar-refractivity contribution in [3.8, 4) is 0 Å². The van der Waals surface area contributed by atoms with Gasteiger partial charge in [-0.25, -0.2) is 4.98 Å². The van der Waals surface area contributed by atoms with Gasteiger partial charge in [-0.3, -0.25) is 9.78 Å². The zero-order valence-electron chi connectivity index (χ0n) is 8.80. The zero-order valence-corrected chi connectivity index (χ0v) is 8.80. The molecule has 2 aliphatic rings. The van der Waals surface area contributed by atoms with E-state index in [0.717, 1.165) is 19.3 Å². The SMILES string of the molecule is O=C(Nc1cnccn1)[C@@H]1C[C@H]2CC[C@H]1O2. The van der Waals surface area contributed by atoms with Crippen LogP contribution in [0.25, 0.3) is 0 Å². The summed E-state index contributed by atoms with van der Waals surface area (Å²) in [6.45, 7) is 0. The molecule has 3 atom stereocenters. The molecule has 0 radical (unpaired) electrons. The summed E-state index contributed by atoms with van der Waals surface area (Å²) < 4.78 is 5.65. The molecule has 3 rings (SSSR count). The van der Waals surface area contributed by atoms with Crippen LogP contribution in [0.5, 0.6) is 0 Å². The number of amides is 1. The van der Waals surface area contributed by atoms with Crippen LogP contribution in [0.3, 0.4) is 0 Å². The molecule has 0 unspecified atom stereocenters. The third kappa shape index (κ3) is 1.67. The van der Waals surface area contributed by atoms with Crippen molar-refractivity contribution in [2.45, 2.75) is 31.5 Å². The van der Waals surface area contributed by atoms with Gasteiger partial charge in [-0.1, -0.05) is 0 Å². The summed E-state index contributed by atoms with van der Waals surface area (Å²) in [5, 5.41) is 2.78. The summed E-state index contributed by atoms with van der Waals surface area (Å²) >= 11 is 0. The van der Waals surface area contributed by atoms with E-state index in [2.05, 4.69) is 15.3 Å². The molecule has 84 valence electrons. The Labute approximate surface area is 93.2 Å². The van der Waals surface area contributed by atoms with Crippen molar-refractivity contribution >= 4 is 11.7 Å². The molecular weight excluding hydrogens is 206 g/mol. The van der Waals surface area contributed by atoms with Crippen LogP contribution in [0.1, 0.15) is 19.3 Å². The number of carbonyl (C=O) groups excluding carboxylic acids is 1. The number of nitrogens with one attached hydrogen (secondary N) is 1. The Kier molecular flexibility index (Phi) is 2.32. The van der Waals surface area contributed by atoms with Crippen molar-refractivity contribution in [1.29, 1.82) is 0 Å². The van der Waals surface area contributed by atoms with Gasteiger partial charge in [0.15, 0.2) is 5.82 Å². The van der Waals surface area contributed by atoms with E-state index >= 15 is 0 Å². The molecule has 0 saturated carbocycles.